The number of rotatable bonds is 3. The first-order valence-electron chi connectivity index (χ1n) is 6.83. The lowest BCUT2D eigenvalue weighted by Gasteiger charge is -2.35. The van der Waals surface area contributed by atoms with Gasteiger partial charge in [-0.3, -0.25) is 9.88 Å². The molecule has 3 rings (SSSR count). The minimum absolute atomic E-state index is 0.312. The smallest absolute Gasteiger partial charge is 0.0874 e. The van der Waals surface area contributed by atoms with E-state index >= 15 is 0 Å². The molecule has 98 valence electrons. The fraction of sp³-hybridized carbons (Fsp3) is 0.643. The quantitative estimate of drug-likeness (QED) is 0.881. The van der Waals surface area contributed by atoms with Crippen LogP contribution in [0.25, 0.3) is 0 Å². The highest BCUT2D eigenvalue weighted by molar-refractivity contribution is 5.48. The van der Waals surface area contributed by atoms with Gasteiger partial charge in [-0.15, -0.1) is 0 Å². The Morgan fingerprint density at radius 2 is 2.50 bits per heavy atom. The predicted octanol–water partition coefficient (Wildman–Crippen LogP) is 1.67. The zero-order valence-electron chi connectivity index (χ0n) is 10.9. The van der Waals surface area contributed by atoms with Crippen molar-refractivity contribution < 1.29 is 4.74 Å². The van der Waals surface area contributed by atoms with Gasteiger partial charge in [-0.05, 0) is 37.9 Å². The van der Waals surface area contributed by atoms with Crippen molar-refractivity contribution in [2.75, 3.05) is 31.6 Å². The molecule has 4 heteroatoms. The Kier molecular flexibility index (Phi) is 3.48. The van der Waals surface area contributed by atoms with Crippen LogP contribution < -0.4 is 5.32 Å². The van der Waals surface area contributed by atoms with E-state index in [4.69, 9.17) is 4.74 Å². The third-order valence-corrected chi connectivity index (χ3v) is 4.00. The standard InChI is InChI=1S/C14H21N3O/c1-11-7-15-5-4-14(11)16-8-13-9-17-6-2-3-12(17)10-18-13/h4-5,7,12-13H,2-3,6,8-10H2,1H3,(H,15,16). The van der Waals surface area contributed by atoms with Crippen molar-refractivity contribution in [1.29, 1.82) is 0 Å². The number of pyridine rings is 1. The summed E-state index contributed by atoms with van der Waals surface area (Å²) in [5, 5.41) is 3.47. The Balaban J connectivity index is 1.53. The van der Waals surface area contributed by atoms with E-state index in [-0.39, 0.29) is 0 Å². The van der Waals surface area contributed by atoms with Crippen molar-refractivity contribution in [3.63, 3.8) is 0 Å². The summed E-state index contributed by atoms with van der Waals surface area (Å²) in [6, 6.07) is 2.71. The van der Waals surface area contributed by atoms with Crippen LogP contribution in [0.5, 0.6) is 0 Å². The van der Waals surface area contributed by atoms with Crippen molar-refractivity contribution >= 4 is 5.69 Å². The molecular formula is C14H21N3O. The number of aryl methyl sites for hydroxylation is 1. The molecular weight excluding hydrogens is 226 g/mol. The fourth-order valence-corrected chi connectivity index (χ4v) is 2.90. The Morgan fingerprint density at radius 3 is 3.39 bits per heavy atom. The van der Waals surface area contributed by atoms with E-state index < -0.39 is 0 Å². The normalized spacial score (nSPS) is 28.1. The summed E-state index contributed by atoms with van der Waals surface area (Å²) in [6.07, 6.45) is 6.67. The van der Waals surface area contributed by atoms with Gasteiger partial charge in [-0.25, -0.2) is 0 Å². The molecule has 0 saturated carbocycles. The van der Waals surface area contributed by atoms with Crippen LogP contribution in [-0.2, 0) is 4.74 Å². The Hall–Kier alpha value is -1.13. The van der Waals surface area contributed by atoms with Crippen molar-refractivity contribution in [3.8, 4) is 0 Å². The number of morpholine rings is 1. The highest BCUT2D eigenvalue weighted by atomic mass is 16.5. The fourth-order valence-electron chi connectivity index (χ4n) is 2.90. The van der Waals surface area contributed by atoms with Crippen LogP contribution in [0.15, 0.2) is 18.5 Å². The minimum Gasteiger partial charge on any atom is -0.382 e. The highest BCUT2D eigenvalue weighted by Gasteiger charge is 2.31. The van der Waals surface area contributed by atoms with Gasteiger partial charge in [-0.2, -0.15) is 0 Å². The number of anilines is 1. The Labute approximate surface area is 108 Å². The van der Waals surface area contributed by atoms with Gasteiger partial charge in [0.1, 0.15) is 0 Å². The molecule has 2 aliphatic heterocycles. The monoisotopic (exact) mass is 247 g/mol. The van der Waals surface area contributed by atoms with Crippen molar-refractivity contribution in [2.45, 2.75) is 31.9 Å². The number of nitrogens with zero attached hydrogens (tertiary/aromatic N) is 2. The minimum atomic E-state index is 0.312. The molecule has 0 aromatic carbocycles. The molecule has 2 unspecified atom stereocenters. The largest absolute Gasteiger partial charge is 0.382 e. The molecule has 0 aliphatic carbocycles. The van der Waals surface area contributed by atoms with E-state index in [1.54, 1.807) is 0 Å². The second kappa shape index (κ2) is 5.24. The summed E-state index contributed by atoms with van der Waals surface area (Å²) in [5.74, 6) is 0. The number of aromatic nitrogens is 1. The van der Waals surface area contributed by atoms with Crippen molar-refractivity contribution in [3.05, 3.63) is 24.0 Å². The molecule has 1 aromatic rings. The zero-order chi connectivity index (χ0) is 12.4. The molecule has 4 nitrogen and oxygen atoms in total. The first-order valence-corrected chi connectivity index (χ1v) is 6.83. The van der Waals surface area contributed by atoms with Crippen LogP contribution in [0.1, 0.15) is 18.4 Å². The maximum atomic E-state index is 5.93. The lowest BCUT2D eigenvalue weighted by atomic mass is 10.2. The summed E-state index contributed by atoms with van der Waals surface area (Å²) in [4.78, 5) is 6.68. The summed E-state index contributed by atoms with van der Waals surface area (Å²) < 4.78 is 5.93. The van der Waals surface area contributed by atoms with Crippen LogP contribution in [0.2, 0.25) is 0 Å². The van der Waals surface area contributed by atoms with E-state index in [9.17, 15) is 0 Å². The summed E-state index contributed by atoms with van der Waals surface area (Å²) in [5.41, 5.74) is 2.35. The molecule has 2 aliphatic rings. The van der Waals surface area contributed by atoms with Crippen LogP contribution in [0, 0.1) is 6.92 Å². The van der Waals surface area contributed by atoms with Gasteiger partial charge in [0.15, 0.2) is 0 Å². The molecule has 0 amide bonds. The van der Waals surface area contributed by atoms with E-state index in [0.29, 0.717) is 12.1 Å². The SMILES string of the molecule is Cc1cnccc1NCC1CN2CCCC2CO1. The number of hydrogen-bond donors (Lipinski definition) is 1. The maximum absolute atomic E-state index is 5.93. The first-order chi connectivity index (χ1) is 8.83. The predicted molar refractivity (Wildman–Crippen MR) is 71.8 cm³/mol. The Bertz CT molecular complexity index is 410. The van der Waals surface area contributed by atoms with Gasteiger partial charge in [0.05, 0.1) is 12.7 Å². The molecule has 3 heterocycles. The molecule has 0 radical (unpaired) electrons. The number of fused-ring (bicyclic) bond motifs is 1. The molecule has 1 N–H and O–H groups in total. The van der Waals surface area contributed by atoms with E-state index in [0.717, 1.165) is 25.4 Å². The number of nitrogens with one attached hydrogen (secondary N) is 1. The molecule has 1 aromatic heterocycles. The topological polar surface area (TPSA) is 37.4 Å². The highest BCUT2D eigenvalue weighted by Crippen LogP contribution is 2.23. The third-order valence-electron chi connectivity index (χ3n) is 4.00. The van der Waals surface area contributed by atoms with E-state index in [1.165, 1.54) is 24.9 Å². The molecule has 18 heavy (non-hydrogen) atoms. The lowest BCUT2D eigenvalue weighted by Crippen LogP contribution is -2.48. The molecule has 0 spiro atoms. The maximum Gasteiger partial charge on any atom is 0.0874 e. The molecule has 0 bridgehead atoms. The van der Waals surface area contributed by atoms with Gasteiger partial charge in [0.2, 0.25) is 0 Å². The van der Waals surface area contributed by atoms with Gasteiger partial charge in [-0.1, -0.05) is 0 Å². The van der Waals surface area contributed by atoms with Crippen LogP contribution in [-0.4, -0.2) is 48.3 Å². The van der Waals surface area contributed by atoms with Gasteiger partial charge in [0, 0.05) is 37.2 Å². The van der Waals surface area contributed by atoms with Crippen molar-refractivity contribution in [1.82, 2.24) is 9.88 Å². The lowest BCUT2D eigenvalue weighted by molar-refractivity contribution is -0.0415. The van der Waals surface area contributed by atoms with Gasteiger partial charge < -0.3 is 10.1 Å². The Morgan fingerprint density at radius 1 is 1.56 bits per heavy atom. The molecule has 2 atom stereocenters. The summed E-state index contributed by atoms with van der Waals surface area (Å²) >= 11 is 0. The molecule has 2 fully saturated rings. The van der Waals surface area contributed by atoms with E-state index in [2.05, 4.69) is 22.1 Å². The summed E-state index contributed by atoms with van der Waals surface area (Å²) in [6.45, 7) is 6.18. The average molecular weight is 247 g/mol. The van der Waals surface area contributed by atoms with Gasteiger partial charge in [0.25, 0.3) is 0 Å². The molecule has 2 saturated heterocycles. The first kappa shape index (κ1) is 11.9. The summed E-state index contributed by atoms with van der Waals surface area (Å²) in [7, 11) is 0. The number of hydrogen-bond acceptors (Lipinski definition) is 4. The zero-order valence-corrected chi connectivity index (χ0v) is 10.9. The average Bonchev–Trinajstić information content (AvgIpc) is 2.85. The number of ether oxygens (including phenoxy) is 1. The van der Waals surface area contributed by atoms with Crippen LogP contribution in [0.3, 0.4) is 0 Å². The van der Waals surface area contributed by atoms with Crippen molar-refractivity contribution in [2.24, 2.45) is 0 Å². The second-order valence-electron chi connectivity index (χ2n) is 5.32. The van der Waals surface area contributed by atoms with Crippen LogP contribution in [0.4, 0.5) is 5.69 Å². The third kappa shape index (κ3) is 2.49. The van der Waals surface area contributed by atoms with E-state index in [1.807, 2.05) is 18.5 Å². The van der Waals surface area contributed by atoms with Gasteiger partial charge >= 0.3 is 0 Å². The van der Waals surface area contributed by atoms with Crippen LogP contribution >= 0.6 is 0 Å². The second-order valence-corrected chi connectivity index (χ2v) is 5.32.